The standard InChI is InChI=1S/C13H9NO4S/c1-17-9-5-6-19-11(9)12-14-8-4-2-3-7(13(15)16)10(8)18-12/h2-6H,1H3,(H,15,16). The maximum absolute atomic E-state index is 11.1. The van der Waals surface area contributed by atoms with Crippen LogP contribution in [0.4, 0.5) is 0 Å². The van der Waals surface area contributed by atoms with E-state index in [4.69, 9.17) is 14.3 Å². The number of hydrogen-bond donors (Lipinski definition) is 1. The summed E-state index contributed by atoms with van der Waals surface area (Å²) in [7, 11) is 1.57. The minimum Gasteiger partial charge on any atom is -0.495 e. The number of oxazole rings is 1. The summed E-state index contributed by atoms with van der Waals surface area (Å²) < 4.78 is 10.8. The second-order valence-electron chi connectivity index (χ2n) is 3.80. The molecule has 0 amide bonds. The molecule has 3 rings (SSSR count). The molecule has 0 aliphatic carbocycles. The van der Waals surface area contributed by atoms with E-state index in [0.717, 1.165) is 4.88 Å². The summed E-state index contributed by atoms with van der Waals surface area (Å²) in [5.74, 6) is -0.00424. The molecule has 0 fully saturated rings. The van der Waals surface area contributed by atoms with Crippen LogP contribution < -0.4 is 4.74 Å². The molecule has 5 nitrogen and oxygen atoms in total. The Balaban J connectivity index is 2.22. The highest BCUT2D eigenvalue weighted by molar-refractivity contribution is 7.13. The average Bonchev–Trinajstić information content (AvgIpc) is 3.03. The summed E-state index contributed by atoms with van der Waals surface area (Å²) in [6.07, 6.45) is 0. The Morgan fingerprint density at radius 1 is 1.42 bits per heavy atom. The molecule has 0 saturated carbocycles. The van der Waals surface area contributed by atoms with Crippen molar-refractivity contribution in [3.05, 3.63) is 35.2 Å². The van der Waals surface area contributed by atoms with Gasteiger partial charge in [-0.1, -0.05) is 6.07 Å². The number of thiophene rings is 1. The zero-order valence-electron chi connectivity index (χ0n) is 9.91. The highest BCUT2D eigenvalue weighted by atomic mass is 32.1. The molecule has 1 N–H and O–H groups in total. The molecule has 0 bridgehead atoms. The predicted molar refractivity (Wildman–Crippen MR) is 70.8 cm³/mol. The fraction of sp³-hybridized carbons (Fsp3) is 0.0769. The van der Waals surface area contributed by atoms with Gasteiger partial charge in [-0.15, -0.1) is 11.3 Å². The minimum absolute atomic E-state index is 0.103. The fourth-order valence-corrected chi connectivity index (χ4v) is 2.61. The van der Waals surface area contributed by atoms with Gasteiger partial charge in [0.1, 0.15) is 21.7 Å². The normalized spacial score (nSPS) is 10.8. The van der Waals surface area contributed by atoms with E-state index in [0.29, 0.717) is 17.2 Å². The first kappa shape index (κ1) is 11.7. The monoisotopic (exact) mass is 275 g/mol. The number of methoxy groups -OCH3 is 1. The van der Waals surface area contributed by atoms with E-state index < -0.39 is 5.97 Å². The Kier molecular flexibility index (Phi) is 2.72. The Morgan fingerprint density at radius 2 is 2.26 bits per heavy atom. The van der Waals surface area contributed by atoms with Crippen molar-refractivity contribution in [1.82, 2.24) is 4.98 Å². The van der Waals surface area contributed by atoms with Gasteiger partial charge in [-0.25, -0.2) is 9.78 Å². The molecule has 0 saturated heterocycles. The lowest BCUT2D eigenvalue weighted by Crippen LogP contribution is -1.95. The third-order valence-electron chi connectivity index (χ3n) is 2.69. The van der Waals surface area contributed by atoms with Crippen LogP contribution in [0.25, 0.3) is 21.9 Å². The Labute approximate surface area is 112 Å². The Bertz CT molecular complexity index is 759. The van der Waals surface area contributed by atoms with Crippen LogP contribution in [0.5, 0.6) is 5.75 Å². The van der Waals surface area contributed by atoms with E-state index in [1.807, 2.05) is 11.4 Å². The fourth-order valence-electron chi connectivity index (χ4n) is 1.83. The van der Waals surface area contributed by atoms with Gasteiger partial charge in [0.25, 0.3) is 0 Å². The third-order valence-corrected chi connectivity index (χ3v) is 3.57. The molecule has 19 heavy (non-hydrogen) atoms. The molecule has 0 radical (unpaired) electrons. The number of nitrogens with zero attached hydrogens (tertiary/aromatic N) is 1. The first-order valence-electron chi connectivity index (χ1n) is 5.45. The van der Waals surface area contributed by atoms with Gasteiger partial charge in [0.2, 0.25) is 5.89 Å². The van der Waals surface area contributed by atoms with Gasteiger partial charge in [-0.2, -0.15) is 0 Å². The first-order valence-corrected chi connectivity index (χ1v) is 6.33. The number of fused-ring (bicyclic) bond motifs is 1. The van der Waals surface area contributed by atoms with Crippen LogP contribution in [-0.4, -0.2) is 23.2 Å². The number of ether oxygens (including phenoxy) is 1. The van der Waals surface area contributed by atoms with Crippen molar-refractivity contribution < 1.29 is 19.1 Å². The van der Waals surface area contributed by atoms with Crippen LogP contribution in [0, 0.1) is 0 Å². The maximum Gasteiger partial charge on any atom is 0.339 e. The summed E-state index contributed by atoms with van der Waals surface area (Å²) in [4.78, 5) is 16.2. The van der Waals surface area contributed by atoms with E-state index in [9.17, 15) is 4.79 Å². The molecule has 6 heteroatoms. The zero-order valence-corrected chi connectivity index (χ0v) is 10.7. The highest BCUT2D eigenvalue weighted by Gasteiger charge is 2.18. The summed E-state index contributed by atoms with van der Waals surface area (Å²) in [5, 5.41) is 11.0. The van der Waals surface area contributed by atoms with Crippen molar-refractivity contribution in [2.75, 3.05) is 7.11 Å². The second-order valence-corrected chi connectivity index (χ2v) is 4.71. The van der Waals surface area contributed by atoms with Crippen molar-refractivity contribution in [1.29, 1.82) is 0 Å². The van der Waals surface area contributed by atoms with Crippen molar-refractivity contribution in [2.24, 2.45) is 0 Å². The van der Waals surface area contributed by atoms with E-state index in [2.05, 4.69) is 4.98 Å². The molecule has 0 unspecified atom stereocenters. The van der Waals surface area contributed by atoms with Crippen molar-refractivity contribution in [3.8, 4) is 16.5 Å². The number of rotatable bonds is 3. The zero-order chi connectivity index (χ0) is 13.4. The number of benzene rings is 1. The molecule has 3 aromatic rings. The maximum atomic E-state index is 11.1. The molecule has 0 aliphatic rings. The Morgan fingerprint density at radius 3 is 3.00 bits per heavy atom. The van der Waals surface area contributed by atoms with E-state index >= 15 is 0 Å². The summed E-state index contributed by atoms with van der Waals surface area (Å²) in [6.45, 7) is 0. The molecule has 0 atom stereocenters. The number of carboxylic acid groups (broad SMARTS) is 1. The van der Waals surface area contributed by atoms with Gasteiger partial charge in [0.15, 0.2) is 5.58 Å². The lowest BCUT2D eigenvalue weighted by atomic mass is 10.2. The molecular formula is C13H9NO4S. The Hall–Kier alpha value is -2.34. The van der Waals surface area contributed by atoms with E-state index in [-0.39, 0.29) is 11.1 Å². The molecular weight excluding hydrogens is 266 g/mol. The van der Waals surface area contributed by atoms with Crippen LogP contribution in [0.3, 0.4) is 0 Å². The molecule has 96 valence electrons. The number of carboxylic acids is 1. The number of para-hydroxylation sites is 1. The molecule has 2 aromatic heterocycles. The quantitative estimate of drug-likeness (QED) is 0.794. The number of hydrogen-bond acceptors (Lipinski definition) is 5. The molecule has 0 aliphatic heterocycles. The third kappa shape index (κ3) is 1.86. The van der Waals surface area contributed by atoms with E-state index in [1.165, 1.54) is 17.4 Å². The summed E-state index contributed by atoms with van der Waals surface area (Å²) in [5.41, 5.74) is 0.901. The van der Waals surface area contributed by atoms with Gasteiger partial charge in [0.05, 0.1) is 7.11 Å². The van der Waals surface area contributed by atoms with Gasteiger partial charge in [0, 0.05) is 0 Å². The minimum atomic E-state index is -1.04. The predicted octanol–water partition coefficient (Wildman–Crippen LogP) is 3.26. The smallest absolute Gasteiger partial charge is 0.339 e. The summed E-state index contributed by atoms with van der Waals surface area (Å²) >= 11 is 1.43. The van der Waals surface area contributed by atoms with Crippen molar-refractivity contribution in [2.45, 2.75) is 0 Å². The SMILES string of the molecule is COc1ccsc1-c1nc2cccc(C(=O)O)c2o1. The van der Waals surface area contributed by atoms with Crippen LogP contribution in [0.1, 0.15) is 10.4 Å². The number of aromatic nitrogens is 1. The molecule has 1 aromatic carbocycles. The van der Waals surface area contributed by atoms with Crippen LogP contribution >= 0.6 is 11.3 Å². The van der Waals surface area contributed by atoms with Gasteiger partial charge < -0.3 is 14.3 Å². The number of carbonyl (C=O) groups is 1. The lowest BCUT2D eigenvalue weighted by molar-refractivity contribution is 0.0698. The van der Waals surface area contributed by atoms with Crippen LogP contribution in [0.15, 0.2) is 34.1 Å². The first-order chi connectivity index (χ1) is 9.20. The van der Waals surface area contributed by atoms with E-state index in [1.54, 1.807) is 19.2 Å². The van der Waals surface area contributed by atoms with Gasteiger partial charge in [-0.3, -0.25) is 0 Å². The van der Waals surface area contributed by atoms with Crippen molar-refractivity contribution in [3.63, 3.8) is 0 Å². The highest BCUT2D eigenvalue weighted by Crippen LogP contribution is 2.36. The van der Waals surface area contributed by atoms with Crippen molar-refractivity contribution >= 4 is 28.4 Å². The van der Waals surface area contributed by atoms with Gasteiger partial charge >= 0.3 is 5.97 Å². The number of aromatic carboxylic acids is 1. The second kappa shape index (κ2) is 4.40. The van der Waals surface area contributed by atoms with Gasteiger partial charge in [-0.05, 0) is 23.6 Å². The van der Waals surface area contributed by atoms with Crippen LogP contribution in [0.2, 0.25) is 0 Å². The molecule has 0 spiro atoms. The van der Waals surface area contributed by atoms with Crippen LogP contribution in [-0.2, 0) is 0 Å². The average molecular weight is 275 g/mol. The topological polar surface area (TPSA) is 72.6 Å². The molecule has 2 heterocycles. The lowest BCUT2D eigenvalue weighted by Gasteiger charge is -1.96. The summed E-state index contributed by atoms with van der Waals surface area (Å²) in [6, 6.07) is 6.66. The largest absolute Gasteiger partial charge is 0.495 e.